The van der Waals surface area contributed by atoms with Crippen LogP contribution in [-0.4, -0.2) is 19.2 Å². The van der Waals surface area contributed by atoms with Crippen LogP contribution in [0.4, 0.5) is 0 Å². The van der Waals surface area contributed by atoms with Gasteiger partial charge in [0.15, 0.2) is 0 Å². The van der Waals surface area contributed by atoms with Gasteiger partial charge in [0.1, 0.15) is 11.5 Å². The molecule has 0 atom stereocenters. The van der Waals surface area contributed by atoms with E-state index >= 15 is 0 Å². The van der Waals surface area contributed by atoms with Crippen molar-refractivity contribution >= 4 is 15.9 Å². The maximum Gasteiger partial charge on any atom is 0.127 e. The molecule has 0 aliphatic carbocycles. The minimum absolute atomic E-state index is 0.722. The Labute approximate surface area is 127 Å². The average Bonchev–Trinajstić information content (AvgIpc) is 2.47. The molecule has 0 aliphatic heterocycles. The molecule has 0 bridgehead atoms. The summed E-state index contributed by atoms with van der Waals surface area (Å²) < 4.78 is 11.5. The van der Waals surface area contributed by atoms with Gasteiger partial charge in [-0.3, -0.25) is 4.98 Å². The molecule has 1 N–H and O–H groups in total. The molecule has 0 aliphatic rings. The number of nitrogens with zero attached hydrogens (tertiary/aromatic N) is 1. The van der Waals surface area contributed by atoms with Gasteiger partial charge in [-0.2, -0.15) is 0 Å². The summed E-state index contributed by atoms with van der Waals surface area (Å²) in [6.07, 6.45) is 3.62. The van der Waals surface area contributed by atoms with E-state index in [1.165, 1.54) is 0 Å². The predicted molar refractivity (Wildman–Crippen MR) is 82.0 cm³/mol. The average molecular weight is 337 g/mol. The third-order valence-electron chi connectivity index (χ3n) is 2.90. The van der Waals surface area contributed by atoms with E-state index in [1.54, 1.807) is 20.4 Å². The van der Waals surface area contributed by atoms with Gasteiger partial charge in [-0.1, -0.05) is 6.07 Å². The number of benzene rings is 1. The summed E-state index contributed by atoms with van der Waals surface area (Å²) in [5, 5.41) is 3.38. The van der Waals surface area contributed by atoms with Crippen LogP contribution < -0.4 is 14.8 Å². The molecule has 2 rings (SSSR count). The highest BCUT2D eigenvalue weighted by Gasteiger charge is 2.04. The first-order valence-electron chi connectivity index (χ1n) is 6.24. The number of ether oxygens (including phenoxy) is 2. The lowest BCUT2D eigenvalue weighted by molar-refractivity contribution is 0.390. The molecule has 1 heterocycles. The molecule has 0 amide bonds. The molecular formula is C15H17BrN2O2. The van der Waals surface area contributed by atoms with Crippen LogP contribution >= 0.6 is 15.9 Å². The number of pyridine rings is 1. The molecule has 20 heavy (non-hydrogen) atoms. The van der Waals surface area contributed by atoms with Gasteiger partial charge in [0.25, 0.3) is 0 Å². The van der Waals surface area contributed by atoms with Crippen molar-refractivity contribution in [3.63, 3.8) is 0 Å². The Kier molecular flexibility index (Phi) is 5.38. The molecule has 1 aromatic heterocycles. The minimum Gasteiger partial charge on any atom is -0.497 e. The SMILES string of the molecule is COc1ccc(CNCc2cncc(Br)c2)c(OC)c1. The lowest BCUT2D eigenvalue weighted by atomic mass is 10.2. The molecule has 2 aromatic rings. The van der Waals surface area contributed by atoms with Crippen molar-refractivity contribution in [1.82, 2.24) is 10.3 Å². The predicted octanol–water partition coefficient (Wildman–Crippen LogP) is 3.15. The summed E-state index contributed by atoms with van der Waals surface area (Å²) in [4.78, 5) is 4.14. The standard InChI is InChI=1S/C15H17BrN2O2/c1-19-14-4-3-12(15(6-14)20-2)9-17-7-11-5-13(16)10-18-8-11/h3-6,8,10,17H,7,9H2,1-2H3. The Bertz CT molecular complexity index is 576. The molecule has 0 fully saturated rings. The molecule has 0 spiro atoms. The van der Waals surface area contributed by atoms with E-state index in [2.05, 4.69) is 26.2 Å². The second-order valence-corrected chi connectivity index (χ2v) is 5.21. The fourth-order valence-electron chi connectivity index (χ4n) is 1.89. The van der Waals surface area contributed by atoms with Crippen molar-refractivity contribution in [2.24, 2.45) is 0 Å². The Balaban J connectivity index is 1.97. The van der Waals surface area contributed by atoms with Crippen LogP contribution in [0.1, 0.15) is 11.1 Å². The van der Waals surface area contributed by atoms with Crippen molar-refractivity contribution in [2.75, 3.05) is 14.2 Å². The van der Waals surface area contributed by atoms with Gasteiger partial charge in [0, 0.05) is 41.6 Å². The molecule has 0 saturated heterocycles. The molecule has 1 aromatic carbocycles. The van der Waals surface area contributed by atoms with Crippen molar-refractivity contribution in [1.29, 1.82) is 0 Å². The topological polar surface area (TPSA) is 43.4 Å². The zero-order valence-corrected chi connectivity index (χ0v) is 13.1. The van der Waals surface area contributed by atoms with Crippen molar-refractivity contribution in [2.45, 2.75) is 13.1 Å². The summed E-state index contributed by atoms with van der Waals surface area (Å²) in [5.74, 6) is 1.62. The molecule has 0 radical (unpaired) electrons. The highest BCUT2D eigenvalue weighted by atomic mass is 79.9. The molecule has 0 unspecified atom stereocenters. The lowest BCUT2D eigenvalue weighted by Crippen LogP contribution is -2.13. The third kappa shape index (κ3) is 3.95. The van der Waals surface area contributed by atoms with Crippen molar-refractivity contribution in [3.8, 4) is 11.5 Å². The maximum absolute atomic E-state index is 5.37. The highest BCUT2D eigenvalue weighted by Crippen LogP contribution is 2.24. The van der Waals surface area contributed by atoms with Crippen LogP contribution in [0, 0.1) is 0 Å². The van der Waals surface area contributed by atoms with E-state index in [4.69, 9.17) is 9.47 Å². The van der Waals surface area contributed by atoms with E-state index < -0.39 is 0 Å². The highest BCUT2D eigenvalue weighted by molar-refractivity contribution is 9.10. The van der Waals surface area contributed by atoms with E-state index in [0.29, 0.717) is 0 Å². The van der Waals surface area contributed by atoms with Crippen LogP contribution in [0.3, 0.4) is 0 Å². The van der Waals surface area contributed by atoms with Gasteiger partial charge in [0.2, 0.25) is 0 Å². The zero-order chi connectivity index (χ0) is 14.4. The zero-order valence-electron chi connectivity index (χ0n) is 11.5. The van der Waals surface area contributed by atoms with Crippen LogP contribution in [0.2, 0.25) is 0 Å². The lowest BCUT2D eigenvalue weighted by Gasteiger charge is -2.11. The van der Waals surface area contributed by atoms with E-state index in [-0.39, 0.29) is 0 Å². The number of hydrogen-bond donors (Lipinski definition) is 1. The number of rotatable bonds is 6. The van der Waals surface area contributed by atoms with Crippen LogP contribution in [0.25, 0.3) is 0 Å². The van der Waals surface area contributed by atoms with Gasteiger partial charge < -0.3 is 14.8 Å². The summed E-state index contributed by atoms with van der Waals surface area (Å²) in [6, 6.07) is 7.87. The number of nitrogens with one attached hydrogen (secondary N) is 1. The van der Waals surface area contributed by atoms with Gasteiger partial charge in [0.05, 0.1) is 14.2 Å². The first kappa shape index (κ1) is 14.8. The second-order valence-electron chi connectivity index (χ2n) is 4.29. The summed E-state index contributed by atoms with van der Waals surface area (Å²) >= 11 is 3.41. The molecule has 5 heteroatoms. The number of aromatic nitrogens is 1. The van der Waals surface area contributed by atoms with Gasteiger partial charge in [-0.25, -0.2) is 0 Å². The van der Waals surface area contributed by atoms with E-state index in [9.17, 15) is 0 Å². The Morgan fingerprint density at radius 3 is 2.65 bits per heavy atom. The van der Waals surface area contributed by atoms with Crippen molar-refractivity contribution < 1.29 is 9.47 Å². The summed E-state index contributed by atoms with van der Waals surface area (Å²) in [5.41, 5.74) is 2.23. The Morgan fingerprint density at radius 2 is 1.95 bits per heavy atom. The number of halogens is 1. The second kappa shape index (κ2) is 7.26. The summed E-state index contributed by atoms with van der Waals surface area (Å²) in [6.45, 7) is 1.47. The number of hydrogen-bond acceptors (Lipinski definition) is 4. The van der Waals surface area contributed by atoms with Gasteiger partial charge in [-0.15, -0.1) is 0 Å². The fraction of sp³-hybridized carbons (Fsp3) is 0.267. The quantitative estimate of drug-likeness (QED) is 0.879. The molecule has 0 saturated carbocycles. The van der Waals surface area contributed by atoms with Crippen LogP contribution in [0.15, 0.2) is 41.1 Å². The molecule has 106 valence electrons. The maximum atomic E-state index is 5.37. The van der Waals surface area contributed by atoms with E-state index in [0.717, 1.165) is 40.2 Å². The van der Waals surface area contributed by atoms with Crippen LogP contribution in [-0.2, 0) is 13.1 Å². The summed E-state index contributed by atoms with van der Waals surface area (Å²) in [7, 11) is 3.31. The molecule has 4 nitrogen and oxygen atoms in total. The Morgan fingerprint density at radius 1 is 1.10 bits per heavy atom. The number of methoxy groups -OCH3 is 2. The fourth-order valence-corrected chi connectivity index (χ4v) is 2.30. The first-order chi connectivity index (χ1) is 9.72. The Hall–Kier alpha value is -1.59. The smallest absolute Gasteiger partial charge is 0.127 e. The van der Waals surface area contributed by atoms with Gasteiger partial charge in [-0.05, 0) is 33.6 Å². The largest absolute Gasteiger partial charge is 0.497 e. The minimum atomic E-state index is 0.722. The molecular weight excluding hydrogens is 320 g/mol. The normalized spacial score (nSPS) is 10.3. The first-order valence-corrected chi connectivity index (χ1v) is 7.03. The van der Waals surface area contributed by atoms with Gasteiger partial charge >= 0.3 is 0 Å². The monoisotopic (exact) mass is 336 g/mol. The third-order valence-corrected chi connectivity index (χ3v) is 3.33. The van der Waals surface area contributed by atoms with Crippen LogP contribution in [0.5, 0.6) is 11.5 Å². The van der Waals surface area contributed by atoms with E-state index in [1.807, 2.05) is 30.5 Å². The van der Waals surface area contributed by atoms with Crippen molar-refractivity contribution in [3.05, 3.63) is 52.3 Å².